The molecule has 29 heavy (non-hydrogen) atoms. The van der Waals surface area contributed by atoms with Crippen LogP contribution in [0.5, 0.6) is 11.5 Å². The Bertz CT molecular complexity index is 1010. The Labute approximate surface area is 176 Å². The average molecular weight is 431 g/mol. The van der Waals surface area contributed by atoms with E-state index in [1.54, 1.807) is 30.0 Å². The number of rotatable bonds is 6. The molecule has 0 unspecified atom stereocenters. The highest BCUT2D eigenvalue weighted by molar-refractivity contribution is 8.18. The largest absolute Gasteiger partial charge is 0.504 e. The second kappa shape index (κ2) is 9.06. The van der Waals surface area contributed by atoms with E-state index in [2.05, 4.69) is 5.32 Å². The summed E-state index contributed by atoms with van der Waals surface area (Å²) in [6.45, 7) is -0.371. The summed E-state index contributed by atoms with van der Waals surface area (Å²) in [5.41, 5.74) is 1.18. The van der Waals surface area contributed by atoms with Crippen molar-refractivity contribution in [1.29, 1.82) is 0 Å². The molecule has 7 nitrogen and oxygen atoms in total. The SMILES string of the molecule is COc1cc(/C=C2/SC(=O)N(CC(=O)Nc3cccc(SC)c3)C2=O)ccc1O. The van der Waals surface area contributed by atoms with Gasteiger partial charge in [0.25, 0.3) is 11.1 Å². The minimum absolute atomic E-state index is 0.0278. The molecule has 0 spiro atoms. The fourth-order valence-corrected chi connectivity index (χ4v) is 3.91. The summed E-state index contributed by atoms with van der Waals surface area (Å²) in [5, 5.41) is 11.8. The third kappa shape index (κ3) is 4.93. The minimum atomic E-state index is -0.542. The molecule has 1 heterocycles. The quantitative estimate of drug-likeness (QED) is 0.532. The van der Waals surface area contributed by atoms with Crippen LogP contribution in [0.4, 0.5) is 10.5 Å². The third-order valence-electron chi connectivity index (χ3n) is 4.03. The Morgan fingerprint density at radius 1 is 1.28 bits per heavy atom. The van der Waals surface area contributed by atoms with Crippen molar-refractivity contribution in [2.24, 2.45) is 0 Å². The number of thioether (sulfide) groups is 2. The molecule has 0 atom stereocenters. The number of nitrogens with one attached hydrogen (secondary N) is 1. The van der Waals surface area contributed by atoms with Gasteiger partial charge >= 0.3 is 0 Å². The van der Waals surface area contributed by atoms with E-state index >= 15 is 0 Å². The molecule has 0 aromatic heterocycles. The van der Waals surface area contributed by atoms with Crippen molar-refractivity contribution in [2.45, 2.75) is 4.90 Å². The van der Waals surface area contributed by atoms with Gasteiger partial charge in [-0.15, -0.1) is 11.8 Å². The van der Waals surface area contributed by atoms with Gasteiger partial charge in [0.2, 0.25) is 5.91 Å². The average Bonchev–Trinajstić information content (AvgIpc) is 2.96. The molecule has 0 aliphatic carbocycles. The number of amides is 3. The van der Waals surface area contributed by atoms with E-state index in [1.165, 1.54) is 19.3 Å². The summed E-state index contributed by atoms with van der Waals surface area (Å²) in [6.07, 6.45) is 3.45. The van der Waals surface area contributed by atoms with Gasteiger partial charge in [-0.05, 0) is 60.0 Å². The van der Waals surface area contributed by atoms with Gasteiger partial charge in [0.05, 0.1) is 12.0 Å². The third-order valence-corrected chi connectivity index (χ3v) is 5.66. The van der Waals surface area contributed by atoms with E-state index in [9.17, 15) is 19.5 Å². The summed E-state index contributed by atoms with van der Waals surface area (Å²) in [7, 11) is 1.42. The van der Waals surface area contributed by atoms with Gasteiger partial charge in [0, 0.05) is 10.6 Å². The number of imide groups is 1. The molecule has 2 aromatic carbocycles. The van der Waals surface area contributed by atoms with Gasteiger partial charge < -0.3 is 15.2 Å². The molecule has 3 amide bonds. The second-order valence-corrected chi connectivity index (χ2v) is 7.85. The van der Waals surface area contributed by atoms with E-state index in [1.807, 2.05) is 24.5 Å². The van der Waals surface area contributed by atoms with Crippen molar-refractivity contribution in [2.75, 3.05) is 25.2 Å². The first-order valence-electron chi connectivity index (χ1n) is 8.47. The molecule has 9 heteroatoms. The number of methoxy groups -OCH3 is 1. The number of anilines is 1. The van der Waals surface area contributed by atoms with Gasteiger partial charge in [-0.2, -0.15) is 0 Å². The minimum Gasteiger partial charge on any atom is -0.504 e. The molecule has 3 rings (SSSR count). The van der Waals surface area contributed by atoms with Crippen LogP contribution in [0.3, 0.4) is 0 Å². The lowest BCUT2D eigenvalue weighted by Crippen LogP contribution is -2.36. The van der Waals surface area contributed by atoms with Crippen molar-refractivity contribution in [1.82, 2.24) is 4.90 Å². The number of phenolic OH excluding ortho intramolecular Hbond substituents is 1. The zero-order chi connectivity index (χ0) is 21.0. The molecule has 1 saturated heterocycles. The zero-order valence-electron chi connectivity index (χ0n) is 15.7. The molecule has 150 valence electrons. The summed E-state index contributed by atoms with van der Waals surface area (Å²) < 4.78 is 5.04. The van der Waals surface area contributed by atoms with Gasteiger partial charge in [0.1, 0.15) is 6.54 Å². The lowest BCUT2D eigenvalue weighted by atomic mass is 10.2. The van der Waals surface area contributed by atoms with E-state index in [4.69, 9.17) is 4.74 Å². The number of nitrogens with zero attached hydrogens (tertiary/aromatic N) is 1. The topological polar surface area (TPSA) is 95.9 Å². The first-order chi connectivity index (χ1) is 13.9. The molecular weight excluding hydrogens is 412 g/mol. The molecule has 0 saturated carbocycles. The van der Waals surface area contributed by atoms with Crippen LogP contribution in [-0.4, -0.2) is 47.0 Å². The molecule has 2 N–H and O–H groups in total. The van der Waals surface area contributed by atoms with E-state index in [-0.39, 0.29) is 22.9 Å². The van der Waals surface area contributed by atoms with Crippen LogP contribution in [-0.2, 0) is 9.59 Å². The van der Waals surface area contributed by atoms with E-state index in [0.29, 0.717) is 11.3 Å². The molecular formula is C20H18N2O5S2. The number of hydrogen-bond acceptors (Lipinski definition) is 7. The van der Waals surface area contributed by atoms with E-state index in [0.717, 1.165) is 21.6 Å². The summed E-state index contributed by atoms with van der Waals surface area (Å²) in [6, 6.07) is 11.9. The number of phenols is 1. The van der Waals surface area contributed by atoms with Gasteiger partial charge in [-0.3, -0.25) is 19.3 Å². The highest BCUT2D eigenvalue weighted by atomic mass is 32.2. The lowest BCUT2D eigenvalue weighted by molar-refractivity contribution is -0.127. The van der Waals surface area contributed by atoms with Crippen molar-refractivity contribution in [3.8, 4) is 11.5 Å². The Kier molecular flexibility index (Phi) is 6.50. The predicted molar refractivity (Wildman–Crippen MR) is 114 cm³/mol. The first-order valence-corrected chi connectivity index (χ1v) is 10.5. The van der Waals surface area contributed by atoms with E-state index < -0.39 is 17.1 Å². The van der Waals surface area contributed by atoms with Gasteiger partial charge in [0.15, 0.2) is 11.5 Å². The van der Waals surface area contributed by atoms with Crippen LogP contribution in [0.1, 0.15) is 5.56 Å². The molecule has 2 aromatic rings. The highest BCUT2D eigenvalue weighted by Crippen LogP contribution is 2.34. The van der Waals surface area contributed by atoms with Crippen LogP contribution in [0.15, 0.2) is 52.3 Å². The van der Waals surface area contributed by atoms with Crippen molar-refractivity contribution in [3.63, 3.8) is 0 Å². The molecule has 1 fully saturated rings. The predicted octanol–water partition coefficient (Wildman–Crippen LogP) is 3.80. The Morgan fingerprint density at radius 3 is 2.79 bits per heavy atom. The van der Waals surface area contributed by atoms with Gasteiger partial charge in [-0.25, -0.2) is 0 Å². The highest BCUT2D eigenvalue weighted by Gasteiger charge is 2.36. The monoisotopic (exact) mass is 430 g/mol. The number of carbonyl (C=O) groups is 3. The van der Waals surface area contributed by atoms with Crippen LogP contribution >= 0.6 is 23.5 Å². The Hall–Kier alpha value is -2.91. The van der Waals surface area contributed by atoms with Crippen LogP contribution in [0.2, 0.25) is 0 Å². The van der Waals surface area contributed by atoms with Gasteiger partial charge in [-0.1, -0.05) is 12.1 Å². The molecule has 0 radical (unpaired) electrons. The molecule has 1 aliphatic rings. The first kappa shape index (κ1) is 20.8. The normalized spacial score (nSPS) is 15.1. The number of carbonyl (C=O) groups excluding carboxylic acids is 3. The van der Waals surface area contributed by atoms with Crippen LogP contribution in [0.25, 0.3) is 6.08 Å². The summed E-state index contributed by atoms with van der Waals surface area (Å²) in [5.74, 6) is -0.775. The number of aromatic hydroxyl groups is 1. The smallest absolute Gasteiger partial charge is 0.294 e. The fraction of sp³-hybridized carbons (Fsp3) is 0.150. The molecule has 0 bridgehead atoms. The Balaban J connectivity index is 1.70. The standard InChI is InChI=1S/C20H18N2O5S2/c1-27-16-8-12(6-7-15(16)23)9-17-19(25)22(20(26)29-17)11-18(24)21-13-4-3-5-14(10-13)28-2/h3-10,23H,11H2,1-2H3,(H,21,24)/b17-9+. The summed E-state index contributed by atoms with van der Waals surface area (Å²) >= 11 is 2.30. The van der Waals surface area contributed by atoms with Crippen LogP contribution in [0, 0.1) is 0 Å². The maximum Gasteiger partial charge on any atom is 0.294 e. The molecule has 1 aliphatic heterocycles. The second-order valence-electron chi connectivity index (χ2n) is 5.98. The van der Waals surface area contributed by atoms with Crippen molar-refractivity contribution >= 4 is 52.3 Å². The lowest BCUT2D eigenvalue weighted by Gasteiger charge is -2.12. The maximum absolute atomic E-state index is 12.6. The number of hydrogen-bond donors (Lipinski definition) is 2. The Morgan fingerprint density at radius 2 is 2.07 bits per heavy atom. The van der Waals surface area contributed by atoms with Crippen molar-refractivity contribution in [3.05, 3.63) is 52.9 Å². The number of ether oxygens (including phenoxy) is 1. The van der Waals surface area contributed by atoms with Crippen LogP contribution < -0.4 is 10.1 Å². The number of benzene rings is 2. The maximum atomic E-state index is 12.6. The summed E-state index contributed by atoms with van der Waals surface area (Å²) in [4.78, 5) is 39.2. The van der Waals surface area contributed by atoms with Crippen molar-refractivity contribution < 1.29 is 24.2 Å². The fourth-order valence-electron chi connectivity index (χ4n) is 2.62. The zero-order valence-corrected chi connectivity index (χ0v) is 17.3.